The standard InChI is InChI=1S/C15H13BrF2N4OS/c1-7-3-4-9-10(5-7)24-15(19-9)20-11(23)6-22-8(2)12(16)13(21-22)14(17)18/h3-5,14H,6H2,1-2H3,(H,19,20,23). The lowest BCUT2D eigenvalue weighted by atomic mass is 10.2. The minimum atomic E-state index is -2.70. The number of fused-ring (bicyclic) bond motifs is 1. The summed E-state index contributed by atoms with van der Waals surface area (Å²) in [5.41, 5.74) is 2.02. The SMILES string of the molecule is Cc1ccc2nc(NC(=O)Cn3nc(C(F)F)c(Br)c3C)sc2c1. The van der Waals surface area contributed by atoms with Crippen molar-refractivity contribution in [2.24, 2.45) is 0 Å². The number of benzene rings is 1. The van der Waals surface area contributed by atoms with Crippen LogP contribution in [0.25, 0.3) is 10.2 Å². The monoisotopic (exact) mass is 414 g/mol. The molecule has 1 amide bonds. The Kier molecular flexibility index (Phi) is 4.64. The third-order valence-electron chi connectivity index (χ3n) is 3.45. The molecule has 9 heteroatoms. The van der Waals surface area contributed by atoms with Crippen molar-refractivity contribution in [3.8, 4) is 0 Å². The van der Waals surface area contributed by atoms with E-state index in [0.29, 0.717) is 10.8 Å². The molecule has 0 saturated heterocycles. The summed E-state index contributed by atoms with van der Waals surface area (Å²) in [5.74, 6) is -0.371. The van der Waals surface area contributed by atoms with Gasteiger partial charge in [0.05, 0.1) is 20.4 Å². The van der Waals surface area contributed by atoms with Crippen LogP contribution in [0, 0.1) is 13.8 Å². The minimum absolute atomic E-state index is 0.161. The molecule has 0 aliphatic heterocycles. The highest BCUT2D eigenvalue weighted by Gasteiger charge is 2.21. The van der Waals surface area contributed by atoms with Crippen LogP contribution in [0.15, 0.2) is 22.7 Å². The molecule has 126 valence electrons. The molecular weight excluding hydrogens is 402 g/mol. The van der Waals surface area contributed by atoms with Crippen LogP contribution in [-0.4, -0.2) is 20.7 Å². The molecule has 24 heavy (non-hydrogen) atoms. The van der Waals surface area contributed by atoms with Gasteiger partial charge in [-0.25, -0.2) is 13.8 Å². The highest BCUT2D eigenvalue weighted by molar-refractivity contribution is 9.10. The summed E-state index contributed by atoms with van der Waals surface area (Å²) in [4.78, 5) is 16.5. The molecule has 2 heterocycles. The second-order valence-corrected chi connectivity index (χ2v) is 7.10. The van der Waals surface area contributed by atoms with Crippen LogP contribution in [0.4, 0.5) is 13.9 Å². The summed E-state index contributed by atoms with van der Waals surface area (Å²) in [6, 6.07) is 5.83. The van der Waals surface area contributed by atoms with E-state index < -0.39 is 6.43 Å². The number of hydrogen-bond donors (Lipinski definition) is 1. The summed E-state index contributed by atoms with van der Waals surface area (Å²) in [6.45, 7) is 3.44. The number of halogens is 3. The largest absolute Gasteiger partial charge is 0.300 e. The van der Waals surface area contributed by atoms with Gasteiger partial charge in [0.2, 0.25) is 5.91 Å². The maximum absolute atomic E-state index is 12.8. The predicted molar refractivity (Wildman–Crippen MR) is 92.6 cm³/mol. The van der Waals surface area contributed by atoms with Gasteiger partial charge < -0.3 is 5.32 Å². The summed E-state index contributed by atoms with van der Waals surface area (Å²) >= 11 is 4.45. The van der Waals surface area contributed by atoms with E-state index in [1.54, 1.807) is 6.92 Å². The number of aromatic nitrogens is 3. The van der Waals surface area contributed by atoms with E-state index in [-0.39, 0.29) is 22.6 Å². The van der Waals surface area contributed by atoms with E-state index in [4.69, 9.17) is 0 Å². The number of thiazole rings is 1. The van der Waals surface area contributed by atoms with Gasteiger partial charge >= 0.3 is 0 Å². The third kappa shape index (κ3) is 3.32. The first-order valence-electron chi connectivity index (χ1n) is 7.03. The molecule has 5 nitrogen and oxygen atoms in total. The van der Waals surface area contributed by atoms with Crippen molar-refractivity contribution in [1.82, 2.24) is 14.8 Å². The third-order valence-corrected chi connectivity index (χ3v) is 5.36. The number of alkyl halides is 2. The first-order valence-corrected chi connectivity index (χ1v) is 8.64. The zero-order chi connectivity index (χ0) is 17.4. The van der Waals surface area contributed by atoms with Crippen LogP contribution in [-0.2, 0) is 11.3 Å². The Morgan fingerprint density at radius 3 is 2.83 bits per heavy atom. The summed E-state index contributed by atoms with van der Waals surface area (Å²) in [6.07, 6.45) is -2.70. The lowest BCUT2D eigenvalue weighted by Gasteiger charge is -2.04. The van der Waals surface area contributed by atoms with Gasteiger partial charge in [-0.2, -0.15) is 5.10 Å². The summed E-state index contributed by atoms with van der Waals surface area (Å²) in [7, 11) is 0. The number of anilines is 1. The van der Waals surface area contributed by atoms with Gasteiger partial charge in [0.25, 0.3) is 6.43 Å². The van der Waals surface area contributed by atoms with Crippen molar-refractivity contribution in [2.75, 3.05) is 5.32 Å². The van der Waals surface area contributed by atoms with Crippen LogP contribution < -0.4 is 5.32 Å². The van der Waals surface area contributed by atoms with E-state index in [1.807, 2.05) is 25.1 Å². The molecule has 0 radical (unpaired) electrons. The maximum atomic E-state index is 12.8. The predicted octanol–water partition coefficient (Wildman–Crippen LogP) is 4.45. The molecule has 0 atom stereocenters. The normalized spacial score (nSPS) is 11.4. The van der Waals surface area contributed by atoms with Gasteiger partial charge in [0, 0.05) is 0 Å². The minimum Gasteiger partial charge on any atom is -0.300 e. The number of aryl methyl sites for hydroxylation is 1. The molecule has 0 aliphatic carbocycles. The molecule has 3 rings (SSSR count). The summed E-state index contributed by atoms with van der Waals surface area (Å²) in [5, 5.41) is 6.95. The lowest BCUT2D eigenvalue weighted by molar-refractivity contribution is -0.117. The molecular formula is C15H13BrF2N4OS. The fourth-order valence-electron chi connectivity index (χ4n) is 2.22. The Balaban J connectivity index is 1.76. The molecule has 0 fully saturated rings. The van der Waals surface area contributed by atoms with Crippen molar-refractivity contribution >= 4 is 48.5 Å². The molecule has 1 N–H and O–H groups in total. The van der Waals surface area contributed by atoms with Gasteiger partial charge in [-0.15, -0.1) is 0 Å². The van der Waals surface area contributed by atoms with Gasteiger partial charge in [0.15, 0.2) is 5.13 Å². The number of rotatable bonds is 4. The highest BCUT2D eigenvalue weighted by atomic mass is 79.9. The lowest BCUT2D eigenvalue weighted by Crippen LogP contribution is -2.20. The molecule has 0 bridgehead atoms. The zero-order valence-electron chi connectivity index (χ0n) is 12.8. The number of amides is 1. The van der Waals surface area contributed by atoms with Gasteiger partial charge in [-0.3, -0.25) is 9.48 Å². The molecule has 1 aromatic carbocycles. The van der Waals surface area contributed by atoms with Crippen LogP contribution in [0.1, 0.15) is 23.4 Å². The smallest absolute Gasteiger partial charge is 0.283 e. The average molecular weight is 415 g/mol. The molecule has 0 aliphatic rings. The maximum Gasteiger partial charge on any atom is 0.283 e. The Bertz CT molecular complexity index is 922. The second kappa shape index (κ2) is 6.56. The molecule has 3 aromatic rings. The van der Waals surface area contributed by atoms with Crippen molar-refractivity contribution < 1.29 is 13.6 Å². The first kappa shape index (κ1) is 17.0. The average Bonchev–Trinajstić information content (AvgIpc) is 3.02. The number of hydrogen-bond acceptors (Lipinski definition) is 4. The Labute approximate surface area is 148 Å². The molecule has 0 saturated carbocycles. The molecule has 2 aromatic heterocycles. The van der Waals surface area contributed by atoms with E-state index in [0.717, 1.165) is 15.8 Å². The molecule has 0 spiro atoms. The van der Waals surface area contributed by atoms with Crippen molar-refractivity contribution in [3.63, 3.8) is 0 Å². The molecule has 0 unspecified atom stereocenters. The van der Waals surface area contributed by atoms with Crippen molar-refractivity contribution in [1.29, 1.82) is 0 Å². The van der Waals surface area contributed by atoms with Crippen LogP contribution >= 0.6 is 27.3 Å². The Hall–Kier alpha value is -1.87. The van der Waals surface area contributed by atoms with E-state index in [9.17, 15) is 13.6 Å². The fourth-order valence-corrected chi connectivity index (χ4v) is 3.66. The van der Waals surface area contributed by atoms with E-state index in [2.05, 4.69) is 31.3 Å². The van der Waals surface area contributed by atoms with Crippen molar-refractivity contribution in [3.05, 3.63) is 39.6 Å². The zero-order valence-corrected chi connectivity index (χ0v) is 15.2. The van der Waals surface area contributed by atoms with Crippen molar-refractivity contribution in [2.45, 2.75) is 26.8 Å². The van der Waals surface area contributed by atoms with Gasteiger partial charge in [-0.1, -0.05) is 17.4 Å². The fraction of sp³-hybridized carbons (Fsp3) is 0.267. The van der Waals surface area contributed by atoms with Crippen LogP contribution in [0.3, 0.4) is 0 Å². The van der Waals surface area contributed by atoms with Gasteiger partial charge in [-0.05, 0) is 47.5 Å². The number of nitrogens with zero attached hydrogens (tertiary/aromatic N) is 3. The Morgan fingerprint density at radius 1 is 1.42 bits per heavy atom. The van der Waals surface area contributed by atoms with Crippen LogP contribution in [0.5, 0.6) is 0 Å². The first-order chi connectivity index (χ1) is 11.3. The second-order valence-electron chi connectivity index (χ2n) is 5.28. The van der Waals surface area contributed by atoms with Gasteiger partial charge in [0.1, 0.15) is 12.2 Å². The van der Waals surface area contributed by atoms with E-state index in [1.165, 1.54) is 16.0 Å². The number of carbonyl (C=O) groups excluding carboxylic acids is 1. The number of nitrogens with one attached hydrogen (secondary N) is 1. The van der Waals surface area contributed by atoms with E-state index >= 15 is 0 Å². The van der Waals surface area contributed by atoms with Crippen LogP contribution in [0.2, 0.25) is 0 Å². The topological polar surface area (TPSA) is 59.8 Å². The number of carbonyl (C=O) groups is 1. The highest BCUT2D eigenvalue weighted by Crippen LogP contribution is 2.29. The Morgan fingerprint density at radius 2 is 2.17 bits per heavy atom. The quantitative estimate of drug-likeness (QED) is 0.685. The summed E-state index contributed by atoms with van der Waals surface area (Å²) < 4.78 is 28.1.